The molecule has 1 rings (SSSR count). The van der Waals surface area contributed by atoms with Gasteiger partial charge >= 0.3 is 6.18 Å². The Bertz CT molecular complexity index is 463. The first-order valence-corrected chi connectivity index (χ1v) is 5.70. The molecular formula is C12H14F4N2O2. The fraction of sp³-hybridized carbons (Fsp3) is 0.417. The molecule has 0 saturated carbocycles. The first kappa shape index (κ1) is 16.2. The van der Waals surface area contributed by atoms with E-state index in [2.05, 4.69) is 5.32 Å². The summed E-state index contributed by atoms with van der Waals surface area (Å²) in [5.41, 5.74) is 0.596. The molecule has 0 spiro atoms. The molecule has 0 fully saturated rings. The Morgan fingerprint density at radius 2 is 2.00 bits per heavy atom. The Morgan fingerprint density at radius 3 is 2.60 bits per heavy atom. The highest BCUT2D eigenvalue weighted by Crippen LogP contribution is 2.16. The first-order valence-electron chi connectivity index (χ1n) is 5.70. The van der Waals surface area contributed by atoms with Gasteiger partial charge in [0, 0.05) is 12.6 Å². The number of benzene rings is 1. The fourth-order valence-electron chi connectivity index (χ4n) is 1.41. The van der Waals surface area contributed by atoms with Gasteiger partial charge in [-0.15, -0.1) is 0 Å². The largest absolute Gasteiger partial charge is 0.484 e. The van der Waals surface area contributed by atoms with Gasteiger partial charge in [0.25, 0.3) is 5.91 Å². The molecule has 0 atom stereocenters. The average molecular weight is 294 g/mol. The Balaban J connectivity index is 2.50. The van der Waals surface area contributed by atoms with Crippen LogP contribution >= 0.6 is 0 Å². The van der Waals surface area contributed by atoms with Crippen LogP contribution in [0.2, 0.25) is 0 Å². The van der Waals surface area contributed by atoms with Crippen molar-refractivity contribution in [1.82, 2.24) is 10.6 Å². The van der Waals surface area contributed by atoms with E-state index in [0.29, 0.717) is 12.1 Å². The molecule has 0 unspecified atom stereocenters. The van der Waals surface area contributed by atoms with Crippen molar-refractivity contribution in [2.45, 2.75) is 12.7 Å². The van der Waals surface area contributed by atoms with Crippen LogP contribution in [0, 0.1) is 5.82 Å². The summed E-state index contributed by atoms with van der Waals surface area (Å²) in [6.45, 7) is -1.64. The monoisotopic (exact) mass is 294 g/mol. The molecular weight excluding hydrogens is 280 g/mol. The predicted octanol–water partition coefficient (Wildman–Crippen LogP) is 1.60. The molecule has 112 valence electrons. The Kier molecular flexibility index (Phi) is 5.75. The van der Waals surface area contributed by atoms with E-state index in [9.17, 15) is 22.4 Å². The molecule has 0 bridgehead atoms. The molecule has 8 heteroatoms. The Labute approximate surface area is 113 Å². The summed E-state index contributed by atoms with van der Waals surface area (Å²) in [7, 11) is 1.68. The van der Waals surface area contributed by atoms with Crippen LogP contribution in [0.25, 0.3) is 0 Å². The van der Waals surface area contributed by atoms with Gasteiger partial charge in [-0.1, -0.05) is 0 Å². The number of ether oxygens (including phenoxy) is 1. The van der Waals surface area contributed by atoms with Crippen molar-refractivity contribution >= 4 is 5.91 Å². The molecule has 0 aliphatic heterocycles. The average Bonchev–Trinajstić information content (AvgIpc) is 2.33. The lowest BCUT2D eigenvalue weighted by Gasteiger charge is -2.10. The zero-order valence-corrected chi connectivity index (χ0v) is 10.7. The number of alkyl halides is 3. The van der Waals surface area contributed by atoms with Crippen LogP contribution in [-0.2, 0) is 11.3 Å². The number of carbonyl (C=O) groups is 1. The van der Waals surface area contributed by atoms with Gasteiger partial charge in [-0.25, -0.2) is 4.39 Å². The van der Waals surface area contributed by atoms with E-state index in [1.54, 1.807) is 12.4 Å². The van der Waals surface area contributed by atoms with Gasteiger partial charge < -0.3 is 15.4 Å². The van der Waals surface area contributed by atoms with Crippen molar-refractivity contribution in [3.8, 4) is 5.75 Å². The highest BCUT2D eigenvalue weighted by Gasteiger charge is 2.27. The number of rotatable bonds is 6. The van der Waals surface area contributed by atoms with Gasteiger partial charge in [0.05, 0.1) is 0 Å². The quantitative estimate of drug-likeness (QED) is 0.784. The minimum absolute atomic E-state index is 0.0809. The fourth-order valence-corrected chi connectivity index (χ4v) is 1.41. The van der Waals surface area contributed by atoms with Crippen LogP contribution in [0.1, 0.15) is 5.56 Å². The summed E-state index contributed by atoms with van der Waals surface area (Å²) in [5, 5.41) is 4.47. The molecule has 0 saturated heterocycles. The molecule has 4 nitrogen and oxygen atoms in total. The van der Waals surface area contributed by atoms with Gasteiger partial charge in [-0.05, 0) is 24.7 Å². The van der Waals surface area contributed by atoms with Crippen molar-refractivity contribution in [2.24, 2.45) is 0 Å². The standard InChI is InChI=1S/C12H14F4N2O2/c1-17-5-8-2-9(13)4-10(3-8)20-6-11(19)18-7-12(14,15)16/h2-4,17H,5-7H2,1H3,(H,18,19). The van der Waals surface area contributed by atoms with Crippen LogP contribution in [0.4, 0.5) is 17.6 Å². The molecule has 0 aliphatic carbocycles. The van der Waals surface area contributed by atoms with Gasteiger partial charge in [-0.3, -0.25) is 4.79 Å². The zero-order valence-electron chi connectivity index (χ0n) is 10.7. The number of hydrogen-bond donors (Lipinski definition) is 2. The summed E-state index contributed by atoms with van der Waals surface area (Å²) in [4.78, 5) is 11.1. The first-order chi connectivity index (χ1) is 9.30. The summed E-state index contributed by atoms with van der Waals surface area (Å²) in [6.07, 6.45) is -4.48. The van der Waals surface area contributed by atoms with Crippen molar-refractivity contribution < 1.29 is 27.1 Å². The topological polar surface area (TPSA) is 50.4 Å². The van der Waals surface area contributed by atoms with E-state index in [0.717, 1.165) is 6.07 Å². The lowest BCUT2D eigenvalue weighted by molar-refractivity contribution is -0.139. The van der Waals surface area contributed by atoms with Crippen molar-refractivity contribution in [3.63, 3.8) is 0 Å². The third-order valence-corrected chi connectivity index (χ3v) is 2.17. The molecule has 2 N–H and O–H groups in total. The van der Waals surface area contributed by atoms with Crippen LogP contribution in [0.5, 0.6) is 5.75 Å². The molecule has 0 radical (unpaired) electrons. The highest BCUT2D eigenvalue weighted by molar-refractivity contribution is 5.77. The van der Waals surface area contributed by atoms with Crippen LogP contribution in [0.15, 0.2) is 18.2 Å². The maximum absolute atomic E-state index is 13.2. The van der Waals surface area contributed by atoms with Gasteiger partial charge in [-0.2, -0.15) is 13.2 Å². The van der Waals surface area contributed by atoms with Crippen molar-refractivity contribution in [1.29, 1.82) is 0 Å². The second kappa shape index (κ2) is 7.09. The van der Waals surface area contributed by atoms with E-state index in [4.69, 9.17) is 4.74 Å². The molecule has 0 heterocycles. The van der Waals surface area contributed by atoms with Gasteiger partial charge in [0.15, 0.2) is 6.61 Å². The maximum Gasteiger partial charge on any atom is 0.405 e. The SMILES string of the molecule is CNCc1cc(F)cc(OCC(=O)NCC(F)(F)F)c1. The molecule has 0 aromatic heterocycles. The Morgan fingerprint density at radius 1 is 1.30 bits per heavy atom. The lowest BCUT2D eigenvalue weighted by atomic mass is 10.2. The summed E-state index contributed by atoms with van der Waals surface area (Å²) in [5.74, 6) is -1.40. The number of amides is 1. The number of nitrogens with one attached hydrogen (secondary N) is 2. The van der Waals surface area contributed by atoms with Gasteiger partial charge in [0.1, 0.15) is 18.1 Å². The molecule has 20 heavy (non-hydrogen) atoms. The second-order valence-corrected chi connectivity index (χ2v) is 4.01. The molecule has 1 aromatic rings. The maximum atomic E-state index is 13.2. The third kappa shape index (κ3) is 6.37. The van der Waals surface area contributed by atoms with Crippen LogP contribution in [0.3, 0.4) is 0 Å². The van der Waals surface area contributed by atoms with Crippen LogP contribution in [-0.4, -0.2) is 32.3 Å². The summed E-state index contributed by atoms with van der Waals surface area (Å²) < 4.78 is 53.7. The lowest BCUT2D eigenvalue weighted by Crippen LogP contribution is -2.36. The van der Waals surface area contributed by atoms with E-state index in [1.807, 2.05) is 0 Å². The molecule has 1 amide bonds. The molecule has 1 aromatic carbocycles. The molecule has 0 aliphatic rings. The van der Waals surface area contributed by atoms with Gasteiger partial charge in [0.2, 0.25) is 0 Å². The van der Waals surface area contributed by atoms with E-state index < -0.39 is 31.1 Å². The zero-order chi connectivity index (χ0) is 15.2. The van der Waals surface area contributed by atoms with E-state index in [1.165, 1.54) is 12.1 Å². The predicted molar refractivity (Wildman–Crippen MR) is 63.7 cm³/mol. The van der Waals surface area contributed by atoms with E-state index >= 15 is 0 Å². The van der Waals surface area contributed by atoms with Crippen LogP contribution < -0.4 is 15.4 Å². The third-order valence-electron chi connectivity index (χ3n) is 2.17. The summed E-state index contributed by atoms with van der Waals surface area (Å²) >= 11 is 0. The second-order valence-electron chi connectivity index (χ2n) is 4.01. The van der Waals surface area contributed by atoms with Crippen molar-refractivity contribution in [3.05, 3.63) is 29.6 Å². The highest BCUT2D eigenvalue weighted by atomic mass is 19.4. The number of hydrogen-bond acceptors (Lipinski definition) is 3. The minimum atomic E-state index is -4.48. The minimum Gasteiger partial charge on any atom is -0.484 e. The number of carbonyl (C=O) groups excluding carboxylic acids is 1. The number of halogens is 4. The smallest absolute Gasteiger partial charge is 0.405 e. The van der Waals surface area contributed by atoms with E-state index in [-0.39, 0.29) is 5.75 Å². The summed E-state index contributed by atoms with van der Waals surface area (Å²) in [6, 6.07) is 3.83. The Hall–Kier alpha value is -1.83. The van der Waals surface area contributed by atoms with Crippen molar-refractivity contribution in [2.75, 3.05) is 20.2 Å². The normalized spacial score (nSPS) is 11.2.